The molecule has 7 nitrogen and oxygen atoms in total. The molecule has 1 atom stereocenters. The van der Waals surface area contributed by atoms with E-state index in [1.165, 1.54) is 9.21 Å². The van der Waals surface area contributed by atoms with Crippen LogP contribution in [0.3, 0.4) is 0 Å². The largest absolute Gasteiger partial charge is 0.465 e. The van der Waals surface area contributed by atoms with E-state index in [2.05, 4.69) is 0 Å². The van der Waals surface area contributed by atoms with E-state index >= 15 is 0 Å². The second-order valence-corrected chi connectivity index (χ2v) is 8.88. The Balaban J connectivity index is 1.97. The summed E-state index contributed by atoms with van der Waals surface area (Å²) >= 11 is 0. The number of carboxylic acid groups (broad SMARTS) is 1. The van der Waals surface area contributed by atoms with E-state index in [0.717, 1.165) is 0 Å². The normalized spacial score (nSPS) is 25.3. The second kappa shape index (κ2) is 6.33. The highest BCUT2D eigenvalue weighted by atomic mass is 32.2. The Labute approximate surface area is 132 Å². The van der Waals surface area contributed by atoms with Gasteiger partial charge in [0.15, 0.2) is 0 Å². The van der Waals surface area contributed by atoms with E-state index in [0.29, 0.717) is 39.0 Å². The number of sulfonamides is 1. The molecule has 0 bridgehead atoms. The lowest BCUT2D eigenvalue weighted by molar-refractivity contribution is -0.0396. The highest BCUT2D eigenvalue weighted by molar-refractivity contribution is 7.89. The molecule has 8 heteroatoms. The zero-order valence-corrected chi connectivity index (χ0v) is 14.3. The lowest BCUT2D eigenvalue weighted by Crippen LogP contribution is -2.47. The standard InChI is InChI=1S/C14H26N2O5S/c1-11(2)10-22(19,20)15(3)12-8-14(21-9-12)4-6-16(7-5-14)13(17)18/h11-12H,4-10H2,1-3H3,(H,17,18)/t12-/m1/s1. The molecule has 2 heterocycles. The van der Waals surface area contributed by atoms with Crippen molar-refractivity contribution in [1.29, 1.82) is 0 Å². The highest BCUT2D eigenvalue weighted by Gasteiger charge is 2.46. The van der Waals surface area contributed by atoms with Crippen LogP contribution >= 0.6 is 0 Å². The Hall–Kier alpha value is -0.860. The maximum absolute atomic E-state index is 12.3. The van der Waals surface area contributed by atoms with Crippen LogP contribution in [0, 0.1) is 5.92 Å². The van der Waals surface area contributed by atoms with Crippen molar-refractivity contribution in [1.82, 2.24) is 9.21 Å². The Morgan fingerprint density at radius 2 is 2.00 bits per heavy atom. The first-order valence-electron chi connectivity index (χ1n) is 7.73. The number of rotatable bonds is 4. The average molecular weight is 334 g/mol. The van der Waals surface area contributed by atoms with Gasteiger partial charge in [-0.2, -0.15) is 4.31 Å². The predicted octanol–water partition coefficient (Wildman–Crippen LogP) is 1.21. The smallest absolute Gasteiger partial charge is 0.407 e. The molecule has 1 spiro atoms. The number of likely N-dealkylation sites (tertiary alicyclic amines) is 1. The molecule has 2 rings (SSSR count). The minimum absolute atomic E-state index is 0.0857. The van der Waals surface area contributed by atoms with Crippen LogP contribution in [0.25, 0.3) is 0 Å². The van der Waals surface area contributed by atoms with Gasteiger partial charge in [0.1, 0.15) is 0 Å². The molecule has 128 valence electrons. The second-order valence-electron chi connectivity index (χ2n) is 6.81. The van der Waals surface area contributed by atoms with E-state index in [4.69, 9.17) is 9.84 Å². The summed E-state index contributed by atoms with van der Waals surface area (Å²) in [5, 5.41) is 9.00. The fourth-order valence-electron chi connectivity index (χ4n) is 3.27. The molecule has 2 aliphatic rings. The number of ether oxygens (including phenoxy) is 1. The van der Waals surface area contributed by atoms with Crippen LogP contribution in [0.1, 0.15) is 33.1 Å². The molecule has 1 N–H and O–H groups in total. The molecule has 0 aromatic heterocycles. The fraction of sp³-hybridized carbons (Fsp3) is 0.929. The van der Waals surface area contributed by atoms with Gasteiger partial charge in [-0.3, -0.25) is 0 Å². The maximum Gasteiger partial charge on any atom is 0.407 e. The monoisotopic (exact) mass is 334 g/mol. The molecule has 0 aromatic rings. The third-order valence-electron chi connectivity index (χ3n) is 4.63. The van der Waals surface area contributed by atoms with Gasteiger partial charge in [0, 0.05) is 20.1 Å². The number of nitrogens with zero attached hydrogens (tertiary/aromatic N) is 2. The zero-order valence-electron chi connectivity index (χ0n) is 13.5. The SMILES string of the molecule is CC(C)CS(=O)(=O)N(C)[C@H]1COC2(CCN(C(=O)O)CC2)C1. The number of hydrogen-bond donors (Lipinski definition) is 1. The molecule has 22 heavy (non-hydrogen) atoms. The van der Waals surface area contributed by atoms with Crippen molar-refractivity contribution in [3.63, 3.8) is 0 Å². The summed E-state index contributed by atoms with van der Waals surface area (Å²) in [5.74, 6) is 0.224. The fourth-order valence-corrected chi connectivity index (χ4v) is 4.94. The highest BCUT2D eigenvalue weighted by Crippen LogP contribution is 2.38. The summed E-state index contributed by atoms with van der Waals surface area (Å²) in [5.41, 5.74) is -0.363. The van der Waals surface area contributed by atoms with Crippen LogP contribution < -0.4 is 0 Å². The zero-order chi connectivity index (χ0) is 16.5. The summed E-state index contributed by atoms with van der Waals surface area (Å²) in [6.45, 7) is 5.06. The lowest BCUT2D eigenvalue weighted by atomic mass is 9.87. The number of likely N-dealkylation sites (N-methyl/N-ethyl adjacent to an activating group) is 1. The third kappa shape index (κ3) is 3.72. The summed E-state index contributed by atoms with van der Waals surface area (Å²) < 4.78 is 32.0. The van der Waals surface area contributed by atoms with Gasteiger partial charge >= 0.3 is 6.09 Å². The summed E-state index contributed by atoms with van der Waals surface area (Å²) in [6, 6.07) is -0.153. The van der Waals surface area contributed by atoms with Crippen LogP contribution in [0.4, 0.5) is 4.79 Å². The molecule has 0 aliphatic carbocycles. The van der Waals surface area contributed by atoms with Crippen molar-refractivity contribution in [3.05, 3.63) is 0 Å². The Morgan fingerprint density at radius 1 is 1.41 bits per heavy atom. The van der Waals surface area contributed by atoms with Gasteiger partial charge in [-0.1, -0.05) is 13.8 Å². The number of hydrogen-bond acceptors (Lipinski definition) is 4. The van der Waals surface area contributed by atoms with Crippen LogP contribution in [-0.4, -0.2) is 73.0 Å². The molecule has 0 unspecified atom stereocenters. The van der Waals surface area contributed by atoms with E-state index in [1.807, 2.05) is 13.8 Å². The van der Waals surface area contributed by atoms with Crippen LogP contribution in [0.15, 0.2) is 0 Å². The van der Waals surface area contributed by atoms with Gasteiger partial charge in [0.05, 0.1) is 24.0 Å². The van der Waals surface area contributed by atoms with Gasteiger partial charge < -0.3 is 14.7 Å². The van der Waals surface area contributed by atoms with Crippen molar-refractivity contribution in [2.24, 2.45) is 5.92 Å². The first-order chi connectivity index (χ1) is 10.2. The van der Waals surface area contributed by atoms with Crippen molar-refractivity contribution in [2.45, 2.75) is 44.8 Å². The molecule has 2 fully saturated rings. The average Bonchev–Trinajstić information content (AvgIpc) is 2.81. The molecule has 1 amide bonds. The van der Waals surface area contributed by atoms with E-state index in [-0.39, 0.29) is 23.3 Å². The Morgan fingerprint density at radius 3 is 2.50 bits per heavy atom. The van der Waals surface area contributed by atoms with Crippen molar-refractivity contribution in [3.8, 4) is 0 Å². The summed E-state index contributed by atoms with van der Waals surface area (Å²) in [7, 11) is -1.65. The van der Waals surface area contributed by atoms with Gasteiger partial charge in [0.25, 0.3) is 0 Å². The van der Waals surface area contributed by atoms with Crippen molar-refractivity contribution in [2.75, 3.05) is 32.5 Å². The number of amides is 1. The molecule has 0 aromatic carbocycles. The van der Waals surface area contributed by atoms with Crippen molar-refractivity contribution < 1.29 is 23.1 Å². The topological polar surface area (TPSA) is 87.2 Å². The summed E-state index contributed by atoms with van der Waals surface area (Å²) in [6.07, 6.45) is 1.01. The minimum Gasteiger partial charge on any atom is -0.465 e. The Bertz CT molecular complexity index is 511. The van der Waals surface area contributed by atoms with Gasteiger partial charge in [0.2, 0.25) is 10.0 Å². The van der Waals surface area contributed by atoms with E-state index in [9.17, 15) is 13.2 Å². The van der Waals surface area contributed by atoms with Crippen LogP contribution in [0.5, 0.6) is 0 Å². The van der Waals surface area contributed by atoms with Crippen molar-refractivity contribution >= 4 is 16.1 Å². The maximum atomic E-state index is 12.3. The van der Waals surface area contributed by atoms with Crippen LogP contribution in [0.2, 0.25) is 0 Å². The molecule has 0 radical (unpaired) electrons. The molecular weight excluding hydrogens is 308 g/mol. The van der Waals surface area contributed by atoms with Gasteiger partial charge in [-0.15, -0.1) is 0 Å². The van der Waals surface area contributed by atoms with Gasteiger partial charge in [-0.25, -0.2) is 13.2 Å². The number of carbonyl (C=O) groups is 1. The first kappa shape index (κ1) is 17.5. The lowest BCUT2D eigenvalue weighted by Gasteiger charge is -2.37. The minimum atomic E-state index is -3.27. The van der Waals surface area contributed by atoms with E-state index < -0.39 is 16.1 Å². The molecule has 2 aliphatic heterocycles. The molecular formula is C14H26N2O5S. The Kier molecular flexibility index (Phi) is 5.03. The van der Waals surface area contributed by atoms with E-state index in [1.54, 1.807) is 7.05 Å². The quantitative estimate of drug-likeness (QED) is 0.835. The third-order valence-corrected chi connectivity index (χ3v) is 6.90. The van der Waals surface area contributed by atoms with Crippen LogP contribution in [-0.2, 0) is 14.8 Å². The number of piperidine rings is 1. The molecule has 0 saturated carbocycles. The first-order valence-corrected chi connectivity index (χ1v) is 9.34. The predicted molar refractivity (Wildman–Crippen MR) is 82.3 cm³/mol. The van der Waals surface area contributed by atoms with Gasteiger partial charge in [-0.05, 0) is 25.2 Å². The summed E-state index contributed by atoms with van der Waals surface area (Å²) in [4.78, 5) is 12.4. The molecule has 2 saturated heterocycles.